The van der Waals surface area contributed by atoms with Gasteiger partial charge in [-0.25, -0.2) is 14.5 Å². The number of morpholine rings is 1. The zero-order chi connectivity index (χ0) is 17.4. The number of aromatic nitrogens is 3. The van der Waals surface area contributed by atoms with Gasteiger partial charge in [-0.05, 0) is 26.8 Å². The molecule has 3 heterocycles. The van der Waals surface area contributed by atoms with Crippen LogP contribution in [-0.4, -0.2) is 62.4 Å². The average molecular weight is 332 g/mol. The lowest BCUT2D eigenvalue weighted by molar-refractivity contribution is -0.147. The number of nitrogens with zero attached hydrogens (tertiary/aromatic N) is 4. The quantitative estimate of drug-likeness (QED) is 0.908. The Hall–Kier alpha value is -2.48. The summed E-state index contributed by atoms with van der Waals surface area (Å²) in [6.07, 6.45) is 1.62. The summed E-state index contributed by atoms with van der Waals surface area (Å²) >= 11 is 0. The first-order valence-electron chi connectivity index (χ1n) is 7.86. The van der Waals surface area contributed by atoms with Gasteiger partial charge in [-0.2, -0.15) is 5.10 Å². The van der Waals surface area contributed by atoms with Crippen LogP contribution in [0.4, 0.5) is 0 Å². The van der Waals surface area contributed by atoms with E-state index < -0.39 is 12.0 Å². The maximum absolute atomic E-state index is 13.0. The van der Waals surface area contributed by atoms with Crippen molar-refractivity contribution >= 4 is 22.9 Å². The maximum atomic E-state index is 13.0. The van der Waals surface area contributed by atoms with E-state index in [0.717, 1.165) is 0 Å². The van der Waals surface area contributed by atoms with Gasteiger partial charge in [-0.15, -0.1) is 0 Å². The minimum Gasteiger partial charge on any atom is -0.480 e. The number of rotatable bonds is 3. The molecule has 8 heteroatoms. The number of carbonyl (C=O) groups excluding carboxylic acids is 1. The lowest BCUT2D eigenvalue weighted by atomic mass is 10.1. The zero-order valence-electron chi connectivity index (χ0n) is 13.9. The summed E-state index contributed by atoms with van der Waals surface area (Å²) in [5, 5.41) is 14.3. The minimum atomic E-state index is -1.07. The standard InChI is InChI=1S/C16H20N4O4/c1-9(2)20-14-12(7-17-20)11(6-10(3)18-14)15(21)19-4-5-24-8-13(19)16(22)23/h6-7,9,13H,4-5,8H2,1-3H3,(H,22,23). The zero-order valence-corrected chi connectivity index (χ0v) is 13.9. The largest absolute Gasteiger partial charge is 0.480 e. The molecule has 1 N–H and O–H groups in total. The molecule has 1 fully saturated rings. The van der Waals surface area contributed by atoms with Gasteiger partial charge in [0.05, 0.1) is 30.4 Å². The van der Waals surface area contributed by atoms with E-state index in [1.165, 1.54) is 4.90 Å². The first-order chi connectivity index (χ1) is 11.4. The van der Waals surface area contributed by atoms with Crippen molar-refractivity contribution in [2.75, 3.05) is 19.8 Å². The van der Waals surface area contributed by atoms with Crippen LogP contribution in [0.2, 0.25) is 0 Å². The third-order valence-electron chi connectivity index (χ3n) is 4.09. The predicted molar refractivity (Wildman–Crippen MR) is 85.9 cm³/mol. The van der Waals surface area contributed by atoms with Gasteiger partial charge in [0.2, 0.25) is 0 Å². The van der Waals surface area contributed by atoms with Crippen LogP contribution in [0.3, 0.4) is 0 Å². The maximum Gasteiger partial charge on any atom is 0.328 e. The van der Waals surface area contributed by atoms with Crippen molar-refractivity contribution in [3.8, 4) is 0 Å². The van der Waals surface area contributed by atoms with Crippen molar-refractivity contribution in [3.63, 3.8) is 0 Å². The average Bonchev–Trinajstić information content (AvgIpc) is 2.97. The van der Waals surface area contributed by atoms with Crippen molar-refractivity contribution in [1.29, 1.82) is 0 Å². The van der Waals surface area contributed by atoms with Crippen molar-refractivity contribution in [2.45, 2.75) is 32.9 Å². The highest BCUT2D eigenvalue weighted by molar-refractivity contribution is 6.06. The highest BCUT2D eigenvalue weighted by atomic mass is 16.5. The van der Waals surface area contributed by atoms with E-state index in [-0.39, 0.29) is 25.1 Å². The Kier molecular flexibility index (Phi) is 4.23. The molecule has 3 rings (SSSR count). The highest BCUT2D eigenvalue weighted by Crippen LogP contribution is 2.23. The summed E-state index contributed by atoms with van der Waals surface area (Å²) in [6.45, 7) is 6.35. The van der Waals surface area contributed by atoms with Crippen LogP contribution in [0.15, 0.2) is 12.3 Å². The SMILES string of the molecule is Cc1cc(C(=O)N2CCOCC2C(=O)O)c2cnn(C(C)C)c2n1. The molecule has 0 radical (unpaired) electrons. The van der Waals surface area contributed by atoms with E-state index in [4.69, 9.17) is 4.74 Å². The summed E-state index contributed by atoms with van der Waals surface area (Å²) in [5.74, 6) is -1.40. The molecule has 2 aromatic heterocycles. The van der Waals surface area contributed by atoms with E-state index in [9.17, 15) is 14.7 Å². The Morgan fingerprint density at radius 2 is 2.17 bits per heavy atom. The third kappa shape index (κ3) is 2.73. The van der Waals surface area contributed by atoms with Crippen LogP contribution < -0.4 is 0 Å². The second-order valence-corrected chi connectivity index (χ2v) is 6.16. The number of hydrogen-bond donors (Lipinski definition) is 1. The number of aryl methyl sites for hydroxylation is 1. The lowest BCUT2D eigenvalue weighted by Gasteiger charge is -2.33. The van der Waals surface area contributed by atoms with Crippen molar-refractivity contribution in [1.82, 2.24) is 19.7 Å². The number of carboxylic acid groups (broad SMARTS) is 1. The first kappa shape index (κ1) is 16.4. The first-order valence-corrected chi connectivity index (χ1v) is 7.86. The van der Waals surface area contributed by atoms with Crippen LogP contribution in [0.1, 0.15) is 35.9 Å². The fourth-order valence-electron chi connectivity index (χ4n) is 2.90. The van der Waals surface area contributed by atoms with E-state index in [2.05, 4.69) is 10.1 Å². The molecule has 8 nitrogen and oxygen atoms in total. The Morgan fingerprint density at radius 1 is 1.42 bits per heavy atom. The van der Waals surface area contributed by atoms with Crippen LogP contribution >= 0.6 is 0 Å². The molecule has 1 unspecified atom stereocenters. The lowest BCUT2D eigenvalue weighted by Crippen LogP contribution is -2.52. The Morgan fingerprint density at radius 3 is 2.83 bits per heavy atom. The molecule has 1 aliphatic heterocycles. The van der Waals surface area contributed by atoms with Gasteiger partial charge in [0, 0.05) is 18.3 Å². The summed E-state index contributed by atoms with van der Waals surface area (Å²) in [5.41, 5.74) is 1.75. The second kappa shape index (κ2) is 6.20. The summed E-state index contributed by atoms with van der Waals surface area (Å²) < 4.78 is 6.96. The molecule has 2 aromatic rings. The van der Waals surface area contributed by atoms with Gasteiger partial charge in [-0.3, -0.25) is 4.79 Å². The number of amides is 1. The highest BCUT2D eigenvalue weighted by Gasteiger charge is 2.34. The summed E-state index contributed by atoms with van der Waals surface area (Å²) in [4.78, 5) is 30.3. The molecule has 0 saturated carbocycles. The minimum absolute atomic E-state index is 0.000458. The smallest absolute Gasteiger partial charge is 0.328 e. The molecule has 1 atom stereocenters. The number of fused-ring (bicyclic) bond motifs is 1. The van der Waals surface area contributed by atoms with Crippen molar-refractivity contribution in [2.24, 2.45) is 0 Å². The topological polar surface area (TPSA) is 97.5 Å². The molecule has 1 saturated heterocycles. The number of hydrogen-bond acceptors (Lipinski definition) is 5. The van der Waals surface area contributed by atoms with Crippen molar-refractivity contribution in [3.05, 3.63) is 23.5 Å². The number of carboxylic acids is 1. The van der Waals surface area contributed by atoms with E-state index in [1.54, 1.807) is 16.9 Å². The number of aliphatic carboxylic acids is 1. The van der Waals surface area contributed by atoms with Gasteiger partial charge in [-0.1, -0.05) is 0 Å². The van der Waals surface area contributed by atoms with E-state index in [0.29, 0.717) is 28.9 Å². The fourth-order valence-corrected chi connectivity index (χ4v) is 2.90. The normalized spacial score (nSPS) is 18.3. The molecule has 0 aromatic carbocycles. The van der Waals surface area contributed by atoms with Crippen molar-refractivity contribution < 1.29 is 19.4 Å². The monoisotopic (exact) mass is 332 g/mol. The Labute approximate surface area is 139 Å². The van der Waals surface area contributed by atoms with Gasteiger partial charge in [0.1, 0.15) is 0 Å². The van der Waals surface area contributed by atoms with Gasteiger partial charge >= 0.3 is 5.97 Å². The summed E-state index contributed by atoms with van der Waals surface area (Å²) in [6, 6.07) is 0.815. The van der Waals surface area contributed by atoms with Gasteiger partial charge < -0.3 is 14.7 Å². The number of carbonyl (C=O) groups is 2. The fraction of sp³-hybridized carbons (Fsp3) is 0.500. The molecular weight excluding hydrogens is 312 g/mol. The Bertz CT molecular complexity index is 799. The van der Waals surface area contributed by atoms with Crippen LogP contribution in [0, 0.1) is 6.92 Å². The van der Waals surface area contributed by atoms with Crippen LogP contribution in [0.5, 0.6) is 0 Å². The Balaban J connectivity index is 2.08. The van der Waals surface area contributed by atoms with E-state index in [1.807, 2.05) is 20.8 Å². The molecule has 0 bridgehead atoms. The third-order valence-corrected chi connectivity index (χ3v) is 4.09. The molecular formula is C16H20N4O4. The molecule has 1 aliphatic rings. The molecule has 0 aliphatic carbocycles. The van der Waals surface area contributed by atoms with Gasteiger partial charge in [0.15, 0.2) is 11.7 Å². The van der Waals surface area contributed by atoms with Crippen LogP contribution in [0.25, 0.3) is 11.0 Å². The number of ether oxygens (including phenoxy) is 1. The van der Waals surface area contributed by atoms with Crippen LogP contribution in [-0.2, 0) is 9.53 Å². The molecule has 1 amide bonds. The van der Waals surface area contributed by atoms with Gasteiger partial charge in [0.25, 0.3) is 5.91 Å². The number of pyridine rings is 1. The van der Waals surface area contributed by atoms with E-state index >= 15 is 0 Å². The molecule has 0 spiro atoms. The second-order valence-electron chi connectivity index (χ2n) is 6.16. The summed E-state index contributed by atoms with van der Waals surface area (Å²) in [7, 11) is 0. The molecule has 24 heavy (non-hydrogen) atoms. The molecule has 128 valence electrons. The predicted octanol–water partition coefficient (Wildman–Crippen LogP) is 1.25.